The zero-order chi connectivity index (χ0) is 27.0. The van der Waals surface area contributed by atoms with Crippen LogP contribution in [0.25, 0.3) is 0 Å². The molecule has 9 nitrogen and oxygen atoms in total. The monoisotopic (exact) mass is 515 g/mol. The number of methoxy groups -OCH3 is 2. The van der Waals surface area contributed by atoms with E-state index in [0.29, 0.717) is 49.9 Å². The molecular weight excluding hydrogens is 474 g/mol. The van der Waals surface area contributed by atoms with E-state index in [0.717, 1.165) is 24.2 Å². The molecule has 1 saturated heterocycles. The Kier molecular flexibility index (Phi) is 9.86. The first-order chi connectivity index (χ1) is 17.6. The van der Waals surface area contributed by atoms with Crippen LogP contribution in [0.3, 0.4) is 0 Å². The van der Waals surface area contributed by atoms with Gasteiger partial charge < -0.3 is 33.7 Å². The average Bonchev–Trinajstić information content (AvgIpc) is 3.51. The number of aryl methyl sites for hydroxylation is 1. The molecule has 1 aromatic carbocycles. The number of amides is 3. The second kappa shape index (κ2) is 12.9. The molecule has 0 spiro atoms. The first-order valence-electron chi connectivity index (χ1n) is 12.8. The van der Waals surface area contributed by atoms with Crippen molar-refractivity contribution in [2.24, 2.45) is 0 Å². The topological polar surface area (TPSA) is 93.5 Å². The fourth-order valence-corrected chi connectivity index (χ4v) is 4.27. The van der Waals surface area contributed by atoms with Crippen LogP contribution >= 0.6 is 0 Å². The van der Waals surface area contributed by atoms with Crippen molar-refractivity contribution in [3.63, 3.8) is 0 Å². The van der Waals surface area contributed by atoms with Crippen LogP contribution in [0.4, 0.5) is 4.79 Å². The number of rotatable bonds is 11. The van der Waals surface area contributed by atoms with Crippen LogP contribution in [0.15, 0.2) is 34.7 Å². The molecule has 0 aliphatic carbocycles. The maximum absolute atomic E-state index is 13.6. The summed E-state index contributed by atoms with van der Waals surface area (Å²) in [6, 6.07) is 9.22. The molecule has 1 N–H and O–H groups in total. The van der Waals surface area contributed by atoms with E-state index >= 15 is 0 Å². The number of nitrogens with one attached hydrogen (secondary N) is 1. The number of urea groups is 1. The number of ether oxygens (including phenoxy) is 3. The van der Waals surface area contributed by atoms with Gasteiger partial charge in [0.25, 0.3) is 0 Å². The number of hydrogen-bond donors (Lipinski definition) is 1. The molecule has 0 radical (unpaired) electrons. The predicted octanol–water partition coefficient (Wildman–Crippen LogP) is 4.17. The van der Waals surface area contributed by atoms with Crippen molar-refractivity contribution in [1.29, 1.82) is 0 Å². The van der Waals surface area contributed by atoms with Crippen molar-refractivity contribution in [2.45, 2.75) is 65.1 Å². The van der Waals surface area contributed by atoms with E-state index in [2.05, 4.69) is 5.32 Å². The lowest BCUT2D eigenvalue weighted by molar-refractivity contribution is -0.133. The zero-order valence-electron chi connectivity index (χ0n) is 23.0. The number of furan rings is 1. The summed E-state index contributed by atoms with van der Waals surface area (Å²) in [7, 11) is 3.20. The highest BCUT2D eigenvalue weighted by Crippen LogP contribution is 2.28. The fraction of sp³-hybridized carbons (Fsp3) is 0.571. The van der Waals surface area contributed by atoms with E-state index in [-0.39, 0.29) is 24.6 Å². The predicted molar refractivity (Wildman–Crippen MR) is 141 cm³/mol. The Morgan fingerprint density at radius 3 is 2.43 bits per heavy atom. The average molecular weight is 516 g/mol. The van der Waals surface area contributed by atoms with E-state index in [1.54, 1.807) is 24.0 Å². The summed E-state index contributed by atoms with van der Waals surface area (Å²) in [6.45, 7) is 9.41. The van der Waals surface area contributed by atoms with Crippen molar-refractivity contribution < 1.29 is 28.2 Å². The van der Waals surface area contributed by atoms with Crippen molar-refractivity contribution in [3.05, 3.63) is 47.4 Å². The Labute approximate surface area is 220 Å². The number of hydrogen-bond acceptors (Lipinski definition) is 6. The smallest absolute Gasteiger partial charge is 0.318 e. The summed E-state index contributed by atoms with van der Waals surface area (Å²) in [5.74, 6) is 2.62. The third kappa shape index (κ3) is 8.70. The molecule has 1 aromatic heterocycles. The summed E-state index contributed by atoms with van der Waals surface area (Å²) < 4.78 is 22.3. The SMILES string of the molecule is COc1ccc(CCN(Cc2ccc(C)o2)C(=O)CN(C[C@@H]2CCCO2)C(=O)NC(C)(C)C)cc1OC. The molecule has 204 valence electrons. The van der Waals surface area contributed by atoms with Gasteiger partial charge in [0, 0.05) is 25.2 Å². The maximum Gasteiger partial charge on any atom is 0.318 e. The molecule has 37 heavy (non-hydrogen) atoms. The van der Waals surface area contributed by atoms with Gasteiger partial charge >= 0.3 is 6.03 Å². The number of benzene rings is 1. The molecule has 0 saturated carbocycles. The third-order valence-corrected chi connectivity index (χ3v) is 6.16. The van der Waals surface area contributed by atoms with Crippen LogP contribution in [0.2, 0.25) is 0 Å². The quantitative estimate of drug-likeness (QED) is 0.483. The summed E-state index contributed by atoms with van der Waals surface area (Å²) in [5.41, 5.74) is 0.584. The number of carbonyl (C=O) groups excluding carboxylic acids is 2. The molecule has 0 unspecified atom stereocenters. The summed E-state index contributed by atoms with van der Waals surface area (Å²) in [4.78, 5) is 30.1. The van der Waals surface area contributed by atoms with Crippen LogP contribution in [0.1, 0.15) is 50.7 Å². The molecule has 2 aromatic rings. The minimum Gasteiger partial charge on any atom is -0.493 e. The molecule has 1 aliphatic heterocycles. The molecule has 2 heterocycles. The lowest BCUT2D eigenvalue weighted by atomic mass is 10.1. The van der Waals surface area contributed by atoms with E-state index < -0.39 is 5.54 Å². The van der Waals surface area contributed by atoms with Crippen LogP contribution in [-0.2, 0) is 22.5 Å². The first kappa shape index (κ1) is 28.4. The van der Waals surface area contributed by atoms with Gasteiger partial charge in [-0.1, -0.05) is 6.07 Å². The van der Waals surface area contributed by atoms with Gasteiger partial charge in [0.05, 0.1) is 26.9 Å². The van der Waals surface area contributed by atoms with Crippen LogP contribution in [-0.4, -0.2) is 73.8 Å². The largest absolute Gasteiger partial charge is 0.493 e. The van der Waals surface area contributed by atoms with Crippen molar-refractivity contribution >= 4 is 11.9 Å². The minimum atomic E-state index is -0.423. The Morgan fingerprint density at radius 1 is 1.08 bits per heavy atom. The third-order valence-electron chi connectivity index (χ3n) is 6.16. The van der Waals surface area contributed by atoms with Gasteiger partial charge in [0.1, 0.15) is 18.1 Å². The van der Waals surface area contributed by atoms with E-state index in [1.165, 1.54) is 0 Å². The number of carbonyl (C=O) groups is 2. The van der Waals surface area contributed by atoms with Crippen molar-refractivity contribution in [1.82, 2.24) is 15.1 Å². The van der Waals surface area contributed by atoms with Gasteiger partial charge in [-0.05, 0) is 76.8 Å². The lowest BCUT2D eigenvalue weighted by Crippen LogP contribution is -2.53. The van der Waals surface area contributed by atoms with E-state index in [4.69, 9.17) is 18.6 Å². The van der Waals surface area contributed by atoms with E-state index in [1.807, 2.05) is 58.0 Å². The molecule has 0 bridgehead atoms. The molecule has 3 amide bonds. The highest BCUT2D eigenvalue weighted by Gasteiger charge is 2.28. The Bertz CT molecular complexity index is 1040. The van der Waals surface area contributed by atoms with Gasteiger partial charge in [0.15, 0.2) is 11.5 Å². The summed E-state index contributed by atoms with van der Waals surface area (Å²) >= 11 is 0. The zero-order valence-corrected chi connectivity index (χ0v) is 23.0. The van der Waals surface area contributed by atoms with Gasteiger partial charge in [-0.2, -0.15) is 0 Å². The molecule has 3 rings (SSSR count). The summed E-state index contributed by atoms with van der Waals surface area (Å²) in [5, 5.41) is 2.99. The van der Waals surface area contributed by atoms with Gasteiger partial charge in [-0.3, -0.25) is 4.79 Å². The molecule has 1 aliphatic rings. The molecule has 9 heteroatoms. The number of nitrogens with zero attached hydrogens (tertiary/aromatic N) is 2. The van der Waals surface area contributed by atoms with Crippen molar-refractivity contribution in [2.75, 3.05) is 40.5 Å². The van der Waals surface area contributed by atoms with Gasteiger partial charge in [0.2, 0.25) is 5.91 Å². The van der Waals surface area contributed by atoms with Gasteiger partial charge in [-0.15, -0.1) is 0 Å². The molecular formula is C28H41N3O6. The van der Waals surface area contributed by atoms with Gasteiger partial charge in [-0.25, -0.2) is 4.79 Å². The molecule has 1 atom stereocenters. The Hall–Kier alpha value is -3.20. The second-order valence-electron chi connectivity index (χ2n) is 10.5. The normalized spacial score (nSPS) is 15.4. The van der Waals surface area contributed by atoms with Crippen LogP contribution in [0.5, 0.6) is 11.5 Å². The van der Waals surface area contributed by atoms with Crippen LogP contribution < -0.4 is 14.8 Å². The van der Waals surface area contributed by atoms with Crippen LogP contribution in [0, 0.1) is 6.92 Å². The van der Waals surface area contributed by atoms with Crippen molar-refractivity contribution in [3.8, 4) is 11.5 Å². The minimum absolute atomic E-state index is 0.0482. The molecule has 1 fully saturated rings. The lowest BCUT2D eigenvalue weighted by Gasteiger charge is -2.31. The first-order valence-corrected chi connectivity index (χ1v) is 12.8. The highest BCUT2D eigenvalue weighted by molar-refractivity contribution is 5.84. The highest BCUT2D eigenvalue weighted by atomic mass is 16.5. The maximum atomic E-state index is 13.6. The Morgan fingerprint density at radius 2 is 1.84 bits per heavy atom. The second-order valence-corrected chi connectivity index (χ2v) is 10.5. The summed E-state index contributed by atoms with van der Waals surface area (Å²) in [6.07, 6.45) is 2.38. The van der Waals surface area contributed by atoms with E-state index in [9.17, 15) is 9.59 Å². The standard InChI is InChI=1S/C28H41N3O6/c1-20-9-11-23(37-20)18-30(14-13-21-10-12-24(34-5)25(16-21)35-6)26(32)19-31(17-22-8-7-15-36-22)27(33)29-28(2,3)4/h9-12,16,22H,7-8,13-15,17-19H2,1-6H3,(H,29,33)/t22-/m0/s1. The fourth-order valence-electron chi connectivity index (χ4n) is 4.27. The Balaban J connectivity index is 1.76.